The standard InChI is InChI=1S/C24H46N2O3/c1-4-5-6-7-8-9-10-11-12-13-14-15-16-20-23(27)25-21-18-17-19-22(24(28)29)26(2)3/h4,22H,1,5-21H2,2-3H3,(H,25,27)(H,28,29)/t22-/m0/s1. The molecule has 0 radical (unpaired) electrons. The summed E-state index contributed by atoms with van der Waals surface area (Å²) in [4.78, 5) is 24.7. The predicted octanol–water partition coefficient (Wildman–Crippen LogP) is 5.55. The molecule has 0 fully saturated rings. The first-order valence-corrected chi connectivity index (χ1v) is 11.8. The van der Waals surface area contributed by atoms with Gasteiger partial charge in [0.15, 0.2) is 0 Å². The molecule has 1 atom stereocenters. The van der Waals surface area contributed by atoms with Gasteiger partial charge in [0.1, 0.15) is 6.04 Å². The molecule has 5 heteroatoms. The number of carboxylic acids is 1. The summed E-state index contributed by atoms with van der Waals surface area (Å²) in [6, 6.07) is -0.437. The number of hydrogen-bond acceptors (Lipinski definition) is 3. The lowest BCUT2D eigenvalue weighted by Crippen LogP contribution is -2.35. The van der Waals surface area contributed by atoms with Crippen molar-refractivity contribution in [2.45, 2.75) is 109 Å². The number of carbonyl (C=O) groups excluding carboxylic acids is 1. The molecule has 170 valence electrons. The Hall–Kier alpha value is -1.36. The molecule has 29 heavy (non-hydrogen) atoms. The Labute approximate surface area is 179 Å². The molecule has 0 heterocycles. The zero-order valence-corrected chi connectivity index (χ0v) is 19.1. The second kappa shape index (κ2) is 19.9. The third-order valence-electron chi connectivity index (χ3n) is 5.45. The Bertz CT molecular complexity index is 424. The number of allylic oxidation sites excluding steroid dienone is 1. The second-order valence-corrected chi connectivity index (χ2v) is 8.38. The number of rotatable bonds is 21. The van der Waals surface area contributed by atoms with Crippen LogP contribution in [0.5, 0.6) is 0 Å². The molecular weight excluding hydrogens is 364 g/mol. The summed E-state index contributed by atoms with van der Waals surface area (Å²) in [6.07, 6.45) is 20.0. The predicted molar refractivity (Wildman–Crippen MR) is 122 cm³/mol. The first-order chi connectivity index (χ1) is 14.0. The van der Waals surface area contributed by atoms with Gasteiger partial charge in [-0.1, -0.05) is 63.9 Å². The molecular formula is C24H46N2O3. The molecule has 0 rings (SSSR count). The number of carbonyl (C=O) groups is 2. The van der Waals surface area contributed by atoms with Crippen LogP contribution in [0, 0.1) is 0 Å². The van der Waals surface area contributed by atoms with E-state index in [4.69, 9.17) is 5.11 Å². The highest BCUT2D eigenvalue weighted by atomic mass is 16.4. The summed E-state index contributed by atoms with van der Waals surface area (Å²) in [5.41, 5.74) is 0. The van der Waals surface area contributed by atoms with Crippen LogP contribution in [-0.4, -0.2) is 48.6 Å². The molecule has 0 unspecified atom stereocenters. The van der Waals surface area contributed by atoms with E-state index in [9.17, 15) is 9.59 Å². The molecule has 0 aliphatic rings. The van der Waals surface area contributed by atoms with Crippen LogP contribution in [-0.2, 0) is 9.59 Å². The van der Waals surface area contributed by atoms with Gasteiger partial charge < -0.3 is 10.4 Å². The molecule has 0 spiro atoms. The van der Waals surface area contributed by atoms with Crippen LogP contribution >= 0.6 is 0 Å². The van der Waals surface area contributed by atoms with Crippen LogP contribution in [0.15, 0.2) is 12.7 Å². The number of aliphatic carboxylic acids is 1. The highest BCUT2D eigenvalue weighted by Crippen LogP contribution is 2.12. The number of nitrogens with zero attached hydrogens (tertiary/aromatic N) is 1. The molecule has 0 aromatic heterocycles. The zero-order chi connectivity index (χ0) is 21.7. The second-order valence-electron chi connectivity index (χ2n) is 8.38. The monoisotopic (exact) mass is 410 g/mol. The molecule has 0 saturated heterocycles. The van der Waals surface area contributed by atoms with E-state index in [0.29, 0.717) is 19.4 Å². The highest BCUT2D eigenvalue weighted by Gasteiger charge is 2.18. The minimum absolute atomic E-state index is 0.129. The number of amides is 1. The summed E-state index contributed by atoms with van der Waals surface area (Å²) >= 11 is 0. The first-order valence-electron chi connectivity index (χ1n) is 11.8. The zero-order valence-electron chi connectivity index (χ0n) is 19.1. The number of carboxylic acid groups (broad SMARTS) is 1. The van der Waals surface area contributed by atoms with Gasteiger partial charge in [-0.2, -0.15) is 0 Å². The van der Waals surface area contributed by atoms with E-state index in [1.807, 2.05) is 6.08 Å². The number of nitrogens with one attached hydrogen (secondary N) is 1. The first kappa shape index (κ1) is 27.6. The van der Waals surface area contributed by atoms with Crippen molar-refractivity contribution in [3.05, 3.63) is 12.7 Å². The lowest BCUT2D eigenvalue weighted by molar-refractivity contribution is -0.142. The minimum atomic E-state index is -0.779. The Morgan fingerprint density at radius 3 is 1.86 bits per heavy atom. The van der Waals surface area contributed by atoms with E-state index in [2.05, 4.69) is 11.9 Å². The number of likely N-dealkylation sites (N-methyl/N-ethyl adjacent to an activating group) is 1. The average molecular weight is 411 g/mol. The Balaban J connectivity index is 3.36. The van der Waals surface area contributed by atoms with Gasteiger partial charge in [0.25, 0.3) is 0 Å². The molecule has 0 aromatic rings. The summed E-state index contributed by atoms with van der Waals surface area (Å²) in [6.45, 7) is 4.40. The maximum absolute atomic E-state index is 11.8. The van der Waals surface area contributed by atoms with Crippen molar-refractivity contribution < 1.29 is 14.7 Å². The van der Waals surface area contributed by atoms with E-state index in [-0.39, 0.29) is 5.91 Å². The van der Waals surface area contributed by atoms with Crippen LogP contribution in [0.1, 0.15) is 103 Å². The maximum Gasteiger partial charge on any atom is 0.320 e. The van der Waals surface area contributed by atoms with Crippen molar-refractivity contribution in [1.82, 2.24) is 10.2 Å². The lowest BCUT2D eigenvalue weighted by Gasteiger charge is -2.19. The van der Waals surface area contributed by atoms with Crippen molar-refractivity contribution >= 4 is 11.9 Å². The quantitative estimate of drug-likeness (QED) is 0.192. The van der Waals surface area contributed by atoms with Crippen LogP contribution in [0.4, 0.5) is 0 Å². The fourth-order valence-electron chi connectivity index (χ4n) is 3.55. The van der Waals surface area contributed by atoms with Gasteiger partial charge >= 0.3 is 5.97 Å². The van der Waals surface area contributed by atoms with Gasteiger partial charge in [0, 0.05) is 13.0 Å². The normalized spacial score (nSPS) is 12.1. The van der Waals surface area contributed by atoms with Crippen molar-refractivity contribution in [2.24, 2.45) is 0 Å². The Kier molecular flexibility index (Phi) is 19.0. The number of unbranched alkanes of at least 4 members (excludes halogenated alkanes) is 12. The minimum Gasteiger partial charge on any atom is -0.480 e. The molecule has 5 nitrogen and oxygen atoms in total. The van der Waals surface area contributed by atoms with Crippen LogP contribution < -0.4 is 5.32 Å². The largest absolute Gasteiger partial charge is 0.480 e. The van der Waals surface area contributed by atoms with E-state index >= 15 is 0 Å². The Morgan fingerprint density at radius 1 is 0.862 bits per heavy atom. The van der Waals surface area contributed by atoms with E-state index < -0.39 is 12.0 Å². The summed E-state index contributed by atoms with van der Waals surface area (Å²) in [5.74, 6) is -0.651. The molecule has 2 N–H and O–H groups in total. The highest BCUT2D eigenvalue weighted by molar-refractivity contribution is 5.75. The van der Waals surface area contributed by atoms with Gasteiger partial charge in [0.2, 0.25) is 5.91 Å². The fraction of sp³-hybridized carbons (Fsp3) is 0.833. The molecule has 0 aromatic carbocycles. The van der Waals surface area contributed by atoms with E-state index in [1.165, 1.54) is 57.8 Å². The third-order valence-corrected chi connectivity index (χ3v) is 5.45. The van der Waals surface area contributed by atoms with Crippen molar-refractivity contribution in [2.75, 3.05) is 20.6 Å². The fourth-order valence-corrected chi connectivity index (χ4v) is 3.55. The van der Waals surface area contributed by atoms with Crippen LogP contribution in [0.2, 0.25) is 0 Å². The Morgan fingerprint density at radius 2 is 1.38 bits per heavy atom. The molecule has 0 bridgehead atoms. The van der Waals surface area contributed by atoms with Gasteiger partial charge in [0.05, 0.1) is 0 Å². The van der Waals surface area contributed by atoms with Crippen LogP contribution in [0.25, 0.3) is 0 Å². The van der Waals surface area contributed by atoms with Crippen molar-refractivity contribution in [3.63, 3.8) is 0 Å². The molecule has 0 aliphatic heterocycles. The maximum atomic E-state index is 11.8. The van der Waals surface area contributed by atoms with Crippen molar-refractivity contribution in [1.29, 1.82) is 0 Å². The average Bonchev–Trinajstić information content (AvgIpc) is 2.67. The number of hydrogen-bond donors (Lipinski definition) is 2. The smallest absolute Gasteiger partial charge is 0.320 e. The van der Waals surface area contributed by atoms with Gasteiger partial charge in [-0.25, -0.2) is 0 Å². The SMILES string of the molecule is C=CCCCCCCCCCCCCCC(=O)NCCCC[C@@H](C(=O)O)N(C)C. The van der Waals surface area contributed by atoms with Crippen molar-refractivity contribution in [3.8, 4) is 0 Å². The van der Waals surface area contributed by atoms with Crippen LogP contribution in [0.3, 0.4) is 0 Å². The molecule has 0 saturated carbocycles. The van der Waals surface area contributed by atoms with E-state index in [1.54, 1.807) is 19.0 Å². The van der Waals surface area contributed by atoms with E-state index in [0.717, 1.165) is 32.1 Å². The lowest BCUT2D eigenvalue weighted by atomic mass is 10.0. The summed E-state index contributed by atoms with van der Waals surface area (Å²) in [5, 5.41) is 12.1. The topological polar surface area (TPSA) is 69.6 Å². The summed E-state index contributed by atoms with van der Waals surface area (Å²) in [7, 11) is 3.57. The van der Waals surface area contributed by atoms with Gasteiger partial charge in [-0.05, 0) is 52.6 Å². The molecule has 0 aliphatic carbocycles. The van der Waals surface area contributed by atoms with Gasteiger partial charge in [-0.15, -0.1) is 6.58 Å². The summed E-state index contributed by atoms with van der Waals surface area (Å²) < 4.78 is 0. The third kappa shape index (κ3) is 18.4. The molecule has 1 amide bonds. The van der Waals surface area contributed by atoms with Gasteiger partial charge in [-0.3, -0.25) is 14.5 Å².